The van der Waals surface area contributed by atoms with Crippen LogP contribution in [0.4, 0.5) is 0 Å². The van der Waals surface area contributed by atoms with Crippen LogP contribution in [0, 0.1) is 5.92 Å². The molecule has 0 aromatic heterocycles. The monoisotopic (exact) mass is 324 g/mol. The Bertz CT molecular complexity index is 440. The maximum Gasteiger partial charge on any atom is 0.224 e. The van der Waals surface area contributed by atoms with Gasteiger partial charge in [0.1, 0.15) is 0 Å². The van der Waals surface area contributed by atoms with Gasteiger partial charge >= 0.3 is 0 Å². The second-order valence-corrected chi connectivity index (χ2v) is 6.41. The van der Waals surface area contributed by atoms with E-state index in [1.54, 1.807) is 0 Å². The topological polar surface area (TPSA) is 55.1 Å². The lowest BCUT2D eigenvalue weighted by atomic mass is 9.64. The molecule has 1 fully saturated rings. The molecule has 0 bridgehead atoms. The maximum absolute atomic E-state index is 11.8. The number of amides is 1. The van der Waals surface area contributed by atoms with Crippen molar-refractivity contribution in [2.75, 3.05) is 13.1 Å². The van der Waals surface area contributed by atoms with Gasteiger partial charge < -0.3 is 11.1 Å². The van der Waals surface area contributed by atoms with Gasteiger partial charge in [-0.15, -0.1) is 0 Å². The molecule has 1 unspecified atom stereocenters. The van der Waals surface area contributed by atoms with Crippen LogP contribution in [0.15, 0.2) is 28.7 Å². The highest BCUT2D eigenvalue weighted by atomic mass is 79.9. The average molecular weight is 325 g/mol. The lowest BCUT2D eigenvalue weighted by Crippen LogP contribution is -2.47. The summed E-state index contributed by atoms with van der Waals surface area (Å²) in [5.74, 6) is -0.0482. The first-order chi connectivity index (χ1) is 9.07. The summed E-state index contributed by atoms with van der Waals surface area (Å²) >= 11 is 3.46. The van der Waals surface area contributed by atoms with Gasteiger partial charge in [0.2, 0.25) is 5.91 Å². The van der Waals surface area contributed by atoms with Crippen molar-refractivity contribution in [2.24, 2.45) is 11.7 Å². The summed E-state index contributed by atoms with van der Waals surface area (Å²) in [6.45, 7) is 2.98. The molecule has 3 nitrogen and oxygen atoms in total. The van der Waals surface area contributed by atoms with Crippen molar-refractivity contribution >= 4 is 21.8 Å². The molecule has 3 N–H and O–H groups in total. The van der Waals surface area contributed by atoms with Gasteiger partial charge in [-0.2, -0.15) is 0 Å². The van der Waals surface area contributed by atoms with Gasteiger partial charge in [-0.1, -0.05) is 41.4 Å². The Morgan fingerprint density at radius 2 is 2.05 bits per heavy atom. The first-order valence-corrected chi connectivity index (χ1v) is 7.60. The van der Waals surface area contributed by atoms with Crippen molar-refractivity contribution in [2.45, 2.75) is 31.6 Å². The largest absolute Gasteiger partial charge is 0.355 e. The second kappa shape index (κ2) is 6.06. The summed E-state index contributed by atoms with van der Waals surface area (Å²) in [5.41, 5.74) is 6.97. The average Bonchev–Trinajstić information content (AvgIpc) is 2.38. The number of carbonyl (C=O) groups excluding carboxylic acids is 1. The molecule has 0 spiro atoms. The molecular formula is C15H21BrN2O. The summed E-state index contributed by atoms with van der Waals surface area (Å²) in [6, 6.07) is 8.45. The predicted molar refractivity (Wildman–Crippen MR) is 80.9 cm³/mol. The molecular weight excluding hydrogens is 304 g/mol. The van der Waals surface area contributed by atoms with Crippen LogP contribution in [0.5, 0.6) is 0 Å². The molecule has 1 saturated carbocycles. The van der Waals surface area contributed by atoms with Crippen molar-refractivity contribution in [3.63, 3.8) is 0 Å². The van der Waals surface area contributed by atoms with E-state index in [9.17, 15) is 4.79 Å². The van der Waals surface area contributed by atoms with Crippen molar-refractivity contribution < 1.29 is 4.79 Å². The van der Waals surface area contributed by atoms with Crippen LogP contribution in [0.25, 0.3) is 0 Å². The zero-order valence-electron chi connectivity index (χ0n) is 11.3. The van der Waals surface area contributed by atoms with Crippen LogP contribution >= 0.6 is 15.9 Å². The van der Waals surface area contributed by atoms with Gasteiger partial charge in [0.25, 0.3) is 0 Å². The fourth-order valence-corrected chi connectivity index (χ4v) is 2.78. The molecule has 1 aliphatic rings. The van der Waals surface area contributed by atoms with E-state index in [0.717, 1.165) is 23.9 Å². The molecule has 0 aliphatic heterocycles. The molecule has 1 amide bonds. The van der Waals surface area contributed by atoms with Gasteiger partial charge in [-0.05, 0) is 30.5 Å². The molecule has 104 valence electrons. The minimum atomic E-state index is -0.109. The van der Waals surface area contributed by atoms with Crippen LogP contribution < -0.4 is 11.1 Å². The number of halogens is 1. The van der Waals surface area contributed by atoms with E-state index in [0.29, 0.717) is 6.54 Å². The maximum atomic E-state index is 11.8. The summed E-state index contributed by atoms with van der Waals surface area (Å²) in [6.07, 6.45) is 3.52. The Labute approximate surface area is 123 Å². The molecule has 0 radical (unpaired) electrons. The normalized spacial score (nSPS) is 18.5. The molecule has 19 heavy (non-hydrogen) atoms. The van der Waals surface area contributed by atoms with Crippen LogP contribution in [-0.4, -0.2) is 19.0 Å². The third kappa shape index (κ3) is 3.18. The zero-order valence-corrected chi connectivity index (χ0v) is 12.9. The van der Waals surface area contributed by atoms with Crippen LogP contribution in [0.3, 0.4) is 0 Å². The smallest absolute Gasteiger partial charge is 0.224 e. The molecule has 1 atom stereocenters. The summed E-state index contributed by atoms with van der Waals surface area (Å²) < 4.78 is 1.09. The van der Waals surface area contributed by atoms with Gasteiger partial charge in [-0.3, -0.25) is 4.79 Å². The summed E-state index contributed by atoms with van der Waals surface area (Å²) in [4.78, 5) is 11.8. The van der Waals surface area contributed by atoms with Gasteiger partial charge in [0, 0.05) is 28.9 Å². The summed E-state index contributed by atoms with van der Waals surface area (Å²) in [5, 5.41) is 3.06. The van der Waals surface area contributed by atoms with E-state index < -0.39 is 0 Å². The molecule has 1 aromatic carbocycles. The van der Waals surface area contributed by atoms with Crippen LogP contribution in [0.1, 0.15) is 31.7 Å². The first kappa shape index (κ1) is 14.5. The molecule has 1 aromatic rings. The fourth-order valence-electron chi connectivity index (χ4n) is 2.51. The zero-order chi connectivity index (χ0) is 13.9. The van der Waals surface area contributed by atoms with Crippen molar-refractivity contribution in [3.05, 3.63) is 34.3 Å². The Morgan fingerprint density at radius 3 is 2.53 bits per heavy atom. The molecule has 1 aliphatic carbocycles. The Balaban J connectivity index is 2.03. The van der Waals surface area contributed by atoms with E-state index in [1.165, 1.54) is 12.0 Å². The Kier molecular flexibility index (Phi) is 4.63. The Morgan fingerprint density at radius 1 is 1.42 bits per heavy atom. The summed E-state index contributed by atoms with van der Waals surface area (Å²) in [7, 11) is 0. The molecule has 2 rings (SSSR count). The number of nitrogens with two attached hydrogens (primary N) is 1. The van der Waals surface area contributed by atoms with E-state index in [-0.39, 0.29) is 17.2 Å². The van der Waals surface area contributed by atoms with Crippen molar-refractivity contribution in [1.29, 1.82) is 0 Å². The van der Waals surface area contributed by atoms with Crippen LogP contribution in [-0.2, 0) is 10.2 Å². The Hall–Kier alpha value is -0.870. The number of benzene rings is 1. The molecule has 0 saturated heterocycles. The quantitative estimate of drug-likeness (QED) is 0.874. The first-order valence-electron chi connectivity index (χ1n) is 6.81. The second-order valence-electron chi connectivity index (χ2n) is 5.50. The third-order valence-corrected chi connectivity index (χ3v) is 4.70. The minimum absolute atomic E-state index is 0.0610. The minimum Gasteiger partial charge on any atom is -0.355 e. The highest BCUT2D eigenvalue weighted by molar-refractivity contribution is 9.10. The van der Waals surface area contributed by atoms with Gasteiger partial charge in [0.05, 0.1) is 0 Å². The number of carbonyl (C=O) groups is 1. The third-order valence-electron chi connectivity index (χ3n) is 4.17. The van der Waals surface area contributed by atoms with E-state index in [4.69, 9.17) is 5.73 Å². The van der Waals surface area contributed by atoms with Gasteiger partial charge in [-0.25, -0.2) is 0 Å². The molecule has 4 heteroatoms. The van der Waals surface area contributed by atoms with E-state index in [2.05, 4.69) is 45.5 Å². The predicted octanol–water partition coefficient (Wildman–Crippen LogP) is 2.58. The van der Waals surface area contributed by atoms with Crippen LogP contribution in [0.2, 0.25) is 0 Å². The number of hydrogen-bond acceptors (Lipinski definition) is 2. The van der Waals surface area contributed by atoms with E-state index >= 15 is 0 Å². The highest BCUT2D eigenvalue weighted by Crippen LogP contribution is 2.43. The van der Waals surface area contributed by atoms with E-state index in [1.807, 2.05) is 6.92 Å². The number of rotatable bonds is 5. The number of nitrogens with one attached hydrogen (secondary N) is 1. The lowest BCUT2D eigenvalue weighted by Gasteiger charge is -2.42. The molecule has 0 heterocycles. The van der Waals surface area contributed by atoms with Gasteiger partial charge in [0.15, 0.2) is 0 Å². The van der Waals surface area contributed by atoms with Crippen molar-refractivity contribution in [3.8, 4) is 0 Å². The SMILES string of the molecule is CC(CN)C(=O)NCC1(c2ccc(Br)cc2)CCC1. The fraction of sp³-hybridized carbons (Fsp3) is 0.533. The van der Waals surface area contributed by atoms with Crippen molar-refractivity contribution in [1.82, 2.24) is 5.32 Å². The lowest BCUT2D eigenvalue weighted by molar-refractivity contribution is -0.124. The standard InChI is InChI=1S/C15H21BrN2O/c1-11(9-17)14(19)18-10-15(7-2-8-15)12-3-5-13(16)6-4-12/h3-6,11H,2,7-10,17H2,1H3,(H,18,19). The highest BCUT2D eigenvalue weighted by Gasteiger charge is 2.38. The number of hydrogen-bond donors (Lipinski definition) is 2.